The maximum Gasteiger partial charge on any atom is 0.257 e. The van der Waals surface area contributed by atoms with Crippen molar-refractivity contribution >= 4 is 23.2 Å². The molecule has 3 heterocycles. The van der Waals surface area contributed by atoms with Crippen molar-refractivity contribution in [3.63, 3.8) is 0 Å². The Morgan fingerprint density at radius 3 is 2.48 bits per heavy atom. The number of carbonyl (C=O) groups excluding carboxylic acids is 1. The van der Waals surface area contributed by atoms with Crippen LogP contribution in [0.15, 0.2) is 97.6 Å². The van der Waals surface area contributed by atoms with E-state index in [0.717, 1.165) is 22.4 Å². The van der Waals surface area contributed by atoms with E-state index in [-0.39, 0.29) is 5.91 Å². The predicted molar refractivity (Wildman–Crippen MR) is 130 cm³/mol. The Morgan fingerprint density at radius 2 is 1.64 bits per heavy atom. The molecule has 160 valence electrons. The Labute approximate surface area is 195 Å². The summed E-state index contributed by atoms with van der Waals surface area (Å²) in [6.45, 7) is 0. The molecule has 5 aromatic rings. The number of aromatic nitrogens is 4. The molecule has 0 radical (unpaired) electrons. The molecule has 2 aromatic carbocycles. The highest BCUT2D eigenvalue weighted by Gasteiger charge is 2.12. The molecular weight excluding hydrogens is 434 g/mol. The van der Waals surface area contributed by atoms with E-state index in [4.69, 9.17) is 11.6 Å². The van der Waals surface area contributed by atoms with Crippen LogP contribution in [0.1, 0.15) is 10.4 Å². The molecule has 0 aliphatic heterocycles. The largest absolute Gasteiger partial charge is 0.337 e. The molecule has 0 unspecified atom stereocenters. The SMILES string of the molecule is O=C(Nc1cncc(-c2ccnc(-c3ncc(-c4ccccc4)[nH]3)c2)c1)c1ccccc1Cl. The quantitative estimate of drug-likeness (QED) is 0.338. The first-order valence-corrected chi connectivity index (χ1v) is 10.6. The van der Waals surface area contributed by atoms with E-state index < -0.39 is 0 Å². The summed E-state index contributed by atoms with van der Waals surface area (Å²) >= 11 is 6.14. The fourth-order valence-corrected chi connectivity index (χ4v) is 3.69. The Balaban J connectivity index is 1.40. The number of rotatable bonds is 5. The second-order valence-corrected chi connectivity index (χ2v) is 7.74. The van der Waals surface area contributed by atoms with Crippen LogP contribution in [0.5, 0.6) is 0 Å². The summed E-state index contributed by atoms with van der Waals surface area (Å²) in [5.41, 5.74) is 5.40. The van der Waals surface area contributed by atoms with E-state index in [1.54, 1.807) is 49.1 Å². The van der Waals surface area contributed by atoms with Gasteiger partial charge in [0.1, 0.15) is 5.69 Å². The van der Waals surface area contributed by atoms with Crippen molar-refractivity contribution in [3.05, 3.63) is 108 Å². The molecule has 0 atom stereocenters. The van der Waals surface area contributed by atoms with Crippen LogP contribution in [-0.4, -0.2) is 25.8 Å². The van der Waals surface area contributed by atoms with Gasteiger partial charge in [-0.2, -0.15) is 0 Å². The average molecular weight is 452 g/mol. The highest BCUT2D eigenvalue weighted by molar-refractivity contribution is 6.34. The number of hydrogen-bond acceptors (Lipinski definition) is 4. The minimum atomic E-state index is -0.293. The van der Waals surface area contributed by atoms with Gasteiger partial charge < -0.3 is 10.3 Å². The van der Waals surface area contributed by atoms with Gasteiger partial charge in [-0.25, -0.2) is 4.98 Å². The minimum absolute atomic E-state index is 0.293. The van der Waals surface area contributed by atoms with Crippen molar-refractivity contribution in [2.24, 2.45) is 0 Å². The summed E-state index contributed by atoms with van der Waals surface area (Å²) in [6.07, 6.45) is 6.86. The zero-order valence-corrected chi connectivity index (χ0v) is 18.1. The highest BCUT2D eigenvalue weighted by Crippen LogP contribution is 2.26. The Kier molecular flexibility index (Phi) is 5.66. The molecule has 0 aliphatic carbocycles. The number of benzene rings is 2. The Bertz CT molecular complexity index is 1430. The van der Waals surface area contributed by atoms with Crippen LogP contribution in [0.2, 0.25) is 5.02 Å². The van der Waals surface area contributed by atoms with E-state index in [1.807, 2.05) is 48.5 Å². The van der Waals surface area contributed by atoms with Gasteiger partial charge in [-0.3, -0.25) is 14.8 Å². The summed E-state index contributed by atoms with van der Waals surface area (Å²) in [7, 11) is 0. The molecule has 0 saturated carbocycles. The maximum absolute atomic E-state index is 12.6. The summed E-state index contributed by atoms with van der Waals surface area (Å²) in [4.78, 5) is 29.2. The van der Waals surface area contributed by atoms with Crippen molar-refractivity contribution < 1.29 is 4.79 Å². The summed E-state index contributed by atoms with van der Waals surface area (Å²) in [6, 6.07) is 22.6. The van der Waals surface area contributed by atoms with E-state index in [9.17, 15) is 4.79 Å². The number of imidazole rings is 1. The summed E-state index contributed by atoms with van der Waals surface area (Å²) in [5, 5.41) is 3.25. The van der Waals surface area contributed by atoms with Crippen molar-refractivity contribution in [1.82, 2.24) is 19.9 Å². The van der Waals surface area contributed by atoms with Crippen LogP contribution < -0.4 is 5.32 Å². The number of halogens is 1. The lowest BCUT2D eigenvalue weighted by Crippen LogP contribution is -2.12. The third-order valence-electron chi connectivity index (χ3n) is 5.11. The number of anilines is 1. The Morgan fingerprint density at radius 1 is 0.818 bits per heavy atom. The first-order chi connectivity index (χ1) is 16.2. The zero-order chi connectivity index (χ0) is 22.6. The molecule has 1 amide bonds. The molecule has 0 aliphatic rings. The number of nitrogens with zero attached hydrogens (tertiary/aromatic N) is 3. The third-order valence-corrected chi connectivity index (χ3v) is 5.44. The molecule has 0 bridgehead atoms. The molecule has 33 heavy (non-hydrogen) atoms. The van der Waals surface area contributed by atoms with Gasteiger partial charge in [0.15, 0.2) is 5.82 Å². The van der Waals surface area contributed by atoms with E-state index in [2.05, 4.69) is 25.3 Å². The maximum atomic E-state index is 12.6. The smallest absolute Gasteiger partial charge is 0.257 e. The van der Waals surface area contributed by atoms with E-state index in [1.165, 1.54) is 0 Å². The summed E-state index contributed by atoms with van der Waals surface area (Å²) < 4.78 is 0. The lowest BCUT2D eigenvalue weighted by atomic mass is 10.1. The lowest BCUT2D eigenvalue weighted by Gasteiger charge is -2.09. The molecule has 7 heteroatoms. The van der Waals surface area contributed by atoms with Gasteiger partial charge in [0, 0.05) is 18.0 Å². The fourth-order valence-electron chi connectivity index (χ4n) is 3.47. The molecule has 0 spiro atoms. The van der Waals surface area contributed by atoms with Gasteiger partial charge in [0.2, 0.25) is 0 Å². The van der Waals surface area contributed by atoms with Gasteiger partial charge in [-0.05, 0) is 41.5 Å². The molecular formula is C26H18ClN5O. The normalized spacial score (nSPS) is 10.7. The topological polar surface area (TPSA) is 83.6 Å². The first-order valence-electron chi connectivity index (χ1n) is 10.3. The molecule has 5 rings (SSSR count). The number of aromatic amines is 1. The number of nitrogens with one attached hydrogen (secondary N) is 2. The highest BCUT2D eigenvalue weighted by atomic mass is 35.5. The van der Waals surface area contributed by atoms with Crippen molar-refractivity contribution in [1.29, 1.82) is 0 Å². The first kappa shape index (κ1) is 20.6. The van der Waals surface area contributed by atoms with Gasteiger partial charge in [-0.15, -0.1) is 0 Å². The van der Waals surface area contributed by atoms with Gasteiger partial charge in [-0.1, -0.05) is 54.1 Å². The van der Waals surface area contributed by atoms with Crippen LogP contribution in [0, 0.1) is 0 Å². The van der Waals surface area contributed by atoms with E-state index in [0.29, 0.717) is 27.8 Å². The van der Waals surface area contributed by atoms with Crippen LogP contribution in [0.3, 0.4) is 0 Å². The van der Waals surface area contributed by atoms with Crippen LogP contribution >= 0.6 is 11.6 Å². The van der Waals surface area contributed by atoms with Gasteiger partial charge in [0.05, 0.1) is 34.4 Å². The van der Waals surface area contributed by atoms with Gasteiger partial charge >= 0.3 is 0 Å². The monoisotopic (exact) mass is 451 g/mol. The second kappa shape index (κ2) is 9.06. The van der Waals surface area contributed by atoms with E-state index >= 15 is 0 Å². The predicted octanol–water partition coefficient (Wildman–Crippen LogP) is 6.11. The number of amides is 1. The molecule has 2 N–H and O–H groups in total. The fraction of sp³-hybridized carbons (Fsp3) is 0. The molecule has 0 saturated heterocycles. The van der Waals surface area contributed by atoms with Crippen LogP contribution in [0.25, 0.3) is 33.9 Å². The number of hydrogen-bond donors (Lipinski definition) is 2. The van der Waals surface area contributed by atoms with Crippen LogP contribution in [0.4, 0.5) is 5.69 Å². The Hall–Kier alpha value is -4.29. The lowest BCUT2D eigenvalue weighted by molar-refractivity contribution is 0.102. The second-order valence-electron chi connectivity index (χ2n) is 7.34. The van der Waals surface area contributed by atoms with Crippen molar-refractivity contribution in [2.75, 3.05) is 5.32 Å². The third kappa shape index (κ3) is 4.51. The molecule has 6 nitrogen and oxygen atoms in total. The minimum Gasteiger partial charge on any atom is -0.337 e. The van der Waals surface area contributed by atoms with Gasteiger partial charge in [0.25, 0.3) is 5.91 Å². The van der Waals surface area contributed by atoms with Crippen LogP contribution in [-0.2, 0) is 0 Å². The molecule has 3 aromatic heterocycles. The number of carbonyl (C=O) groups is 1. The van der Waals surface area contributed by atoms with Crippen molar-refractivity contribution in [2.45, 2.75) is 0 Å². The number of pyridine rings is 2. The standard InChI is InChI=1S/C26H18ClN5O/c27-22-9-5-4-8-21(22)26(33)31-20-12-19(14-28-15-20)18-10-11-29-23(13-18)25-30-16-24(32-25)17-6-2-1-3-7-17/h1-16H,(H,30,32)(H,31,33). The average Bonchev–Trinajstić information content (AvgIpc) is 3.36. The molecule has 0 fully saturated rings. The zero-order valence-electron chi connectivity index (χ0n) is 17.4. The summed E-state index contributed by atoms with van der Waals surface area (Å²) in [5.74, 6) is 0.380. The number of H-pyrrole nitrogens is 1. The van der Waals surface area contributed by atoms with Crippen molar-refractivity contribution in [3.8, 4) is 33.9 Å².